The Bertz CT molecular complexity index is 749. The van der Waals surface area contributed by atoms with Crippen LogP contribution >= 0.6 is 23.1 Å². The molecule has 10 heteroatoms. The molecule has 1 aromatic heterocycles. The fraction of sp³-hybridized carbons (Fsp3) is 0.333. The Labute approximate surface area is 136 Å². The summed E-state index contributed by atoms with van der Waals surface area (Å²) in [5.41, 5.74) is 0. The maximum absolute atomic E-state index is 13.3. The van der Waals surface area contributed by atoms with Crippen molar-refractivity contribution in [1.29, 1.82) is 0 Å². The zero-order valence-electron chi connectivity index (χ0n) is 11.9. The molecule has 0 aliphatic carbocycles. The van der Waals surface area contributed by atoms with Crippen LogP contribution in [0, 0.1) is 5.82 Å². The molecule has 2 aromatic rings. The van der Waals surface area contributed by atoms with Crippen LogP contribution in [0.1, 0.15) is 13.3 Å². The number of nitrogens with zero attached hydrogens (tertiary/aromatic N) is 2. The van der Waals surface area contributed by atoms with Gasteiger partial charge in [0, 0.05) is 5.75 Å². The summed E-state index contributed by atoms with van der Waals surface area (Å²) in [6.07, 6.45) is 0.978. The maximum atomic E-state index is 13.3. The standard InChI is InChI=1S/C12H14FN3O3S3/c1-3-6-20-12-15-14-11(21-12)16-22(17,18)10-7-8(13)4-5-9(10)19-2/h4-5,7H,3,6H2,1-2H3,(H,14,16). The molecular formula is C12H14FN3O3S3. The molecule has 0 unspecified atom stereocenters. The van der Waals surface area contributed by atoms with Crippen LogP contribution in [-0.2, 0) is 10.0 Å². The molecule has 1 aromatic carbocycles. The molecule has 0 aliphatic rings. The minimum absolute atomic E-state index is 0.0546. The van der Waals surface area contributed by atoms with Gasteiger partial charge < -0.3 is 4.74 Å². The van der Waals surface area contributed by atoms with Gasteiger partial charge >= 0.3 is 0 Å². The third-order valence-electron chi connectivity index (χ3n) is 2.47. The summed E-state index contributed by atoms with van der Waals surface area (Å²) >= 11 is 2.63. The third kappa shape index (κ3) is 4.08. The van der Waals surface area contributed by atoms with Crippen molar-refractivity contribution in [2.24, 2.45) is 0 Å². The lowest BCUT2D eigenvalue weighted by Crippen LogP contribution is -2.14. The van der Waals surface area contributed by atoms with Gasteiger partial charge in [-0.3, -0.25) is 4.72 Å². The van der Waals surface area contributed by atoms with Crippen molar-refractivity contribution in [1.82, 2.24) is 10.2 Å². The van der Waals surface area contributed by atoms with Crippen LogP contribution in [-0.4, -0.2) is 31.5 Å². The molecule has 120 valence electrons. The highest BCUT2D eigenvalue weighted by atomic mass is 32.2. The molecule has 0 saturated heterocycles. The molecule has 2 rings (SSSR count). The molecule has 0 saturated carbocycles. The summed E-state index contributed by atoms with van der Waals surface area (Å²) in [7, 11) is -2.69. The summed E-state index contributed by atoms with van der Waals surface area (Å²) in [5, 5.41) is 7.80. The van der Waals surface area contributed by atoms with Crippen molar-refractivity contribution in [2.75, 3.05) is 17.6 Å². The number of anilines is 1. The predicted molar refractivity (Wildman–Crippen MR) is 84.7 cm³/mol. The number of halogens is 1. The number of ether oxygens (including phenoxy) is 1. The highest BCUT2D eigenvalue weighted by Gasteiger charge is 2.22. The van der Waals surface area contributed by atoms with Crippen LogP contribution in [0.3, 0.4) is 0 Å². The van der Waals surface area contributed by atoms with E-state index in [9.17, 15) is 12.8 Å². The van der Waals surface area contributed by atoms with Crippen LogP contribution in [0.2, 0.25) is 0 Å². The highest BCUT2D eigenvalue weighted by Crippen LogP contribution is 2.30. The highest BCUT2D eigenvalue weighted by molar-refractivity contribution is 8.01. The average molecular weight is 363 g/mol. The number of hydrogen-bond acceptors (Lipinski definition) is 7. The van der Waals surface area contributed by atoms with E-state index in [1.165, 1.54) is 24.9 Å². The van der Waals surface area contributed by atoms with Crippen LogP contribution < -0.4 is 9.46 Å². The largest absolute Gasteiger partial charge is 0.495 e. The Balaban J connectivity index is 2.24. The molecule has 0 bridgehead atoms. The Hall–Kier alpha value is -1.39. The van der Waals surface area contributed by atoms with E-state index in [1.807, 2.05) is 6.92 Å². The van der Waals surface area contributed by atoms with Gasteiger partial charge in [0.2, 0.25) is 5.13 Å². The molecule has 1 N–H and O–H groups in total. The second kappa shape index (κ2) is 7.25. The smallest absolute Gasteiger partial charge is 0.267 e. The van der Waals surface area contributed by atoms with E-state index in [1.54, 1.807) is 0 Å². The average Bonchev–Trinajstić information content (AvgIpc) is 2.91. The van der Waals surface area contributed by atoms with Gasteiger partial charge in [0.05, 0.1) is 7.11 Å². The lowest BCUT2D eigenvalue weighted by Gasteiger charge is -2.09. The number of rotatable bonds is 7. The molecule has 0 aliphatic heterocycles. The van der Waals surface area contributed by atoms with Gasteiger partial charge in [0.15, 0.2) is 4.34 Å². The van der Waals surface area contributed by atoms with Gasteiger partial charge in [-0.1, -0.05) is 30.0 Å². The summed E-state index contributed by atoms with van der Waals surface area (Å²) in [6, 6.07) is 3.28. The van der Waals surface area contributed by atoms with E-state index >= 15 is 0 Å². The molecule has 6 nitrogen and oxygen atoms in total. The predicted octanol–water partition coefficient (Wildman–Crippen LogP) is 2.99. The van der Waals surface area contributed by atoms with Gasteiger partial charge in [0.25, 0.3) is 10.0 Å². The molecule has 0 fully saturated rings. The zero-order valence-corrected chi connectivity index (χ0v) is 14.3. The topological polar surface area (TPSA) is 81.2 Å². The first-order chi connectivity index (χ1) is 10.5. The number of benzene rings is 1. The van der Waals surface area contributed by atoms with E-state index in [4.69, 9.17) is 4.74 Å². The number of methoxy groups -OCH3 is 1. The summed E-state index contributed by atoms with van der Waals surface area (Å²) in [4.78, 5) is -0.284. The fourth-order valence-corrected chi connectivity index (χ4v) is 4.62. The molecule has 0 spiro atoms. The molecule has 0 amide bonds. The second-order valence-corrected chi connectivity index (χ2v) is 8.09. The summed E-state index contributed by atoms with van der Waals surface area (Å²) in [5.74, 6) is 0.260. The molecule has 0 atom stereocenters. The molecule has 22 heavy (non-hydrogen) atoms. The van der Waals surface area contributed by atoms with E-state index in [2.05, 4.69) is 14.9 Å². The van der Waals surface area contributed by atoms with Crippen LogP contribution in [0.5, 0.6) is 5.75 Å². The number of nitrogens with one attached hydrogen (secondary N) is 1. The van der Waals surface area contributed by atoms with E-state index in [0.29, 0.717) is 4.34 Å². The van der Waals surface area contributed by atoms with Gasteiger partial charge in [-0.2, -0.15) is 0 Å². The third-order valence-corrected chi connectivity index (χ3v) is 6.14. The first kappa shape index (κ1) is 17.0. The normalized spacial score (nSPS) is 11.4. The Morgan fingerprint density at radius 2 is 2.18 bits per heavy atom. The lowest BCUT2D eigenvalue weighted by atomic mass is 10.3. The van der Waals surface area contributed by atoms with E-state index < -0.39 is 15.8 Å². The van der Waals surface area contributed by atoms with Crippen molar-refractivity contribution >= 4 is 38.3 Å². The van der Waals surface area contributed by atoms with Crippen molar-refractivity contribution in [3.8, 4) is 5.75 Å². The zero-order chi connectivity index (χ0) is 16.2. The minimum Gasteiger partial charge on any atom is -0.495 e. The molecule has 0 radical (unpaired) electrons. The number of hydrogen-bond donors (Lipinski definition) is 1. The Kier molecular flexibility index (Phi) is 5.59. The summed E-state index contributed by atoms with van der Waals surface area (Å²) in [6.45, 7) is 2.04. The Morgan fingerprint density at radius 3 is 2.86 bits per heavy atom. The number of sulfonamides is 1. The van der Waals surface area contributed by atoms with Crippen LogP contribution in [0.25, 0.3) is 0 Å². The van der Waals surface area contributed by atoms with Gasteiger partial charge in [-0.25, -0.2) is 12.8 Å². The number of thioether (sulfide) groups is 1. The molecular weight excluding hydrogens is 349 g/mol. The van der Waals surface area contributed by atoms with Crippen LogP contribution in [0.15, 0.2) is 27.4 Å². The van der Waals surface area contributed by atoms with Crippen molar-refractivity contribution in [2.45, 2.75) is 22.6 Å². The maximum Gasteiger partial charge on any atom is 0.267 e. The van der Waals surface area contributed by atoms with Gasteiger partial charge in [-0.05, 0) is 24.6 Å². The fourth-order valence-electron chi connectivity index (χ4n) is 1.53. The van der Waals surface area contributed by atoms with E-state index in [0.717, 1.165) is 35.6 Å². The van der Waals surface area contributed by atoms with Crippen molar-refractivity contribution in [3.63, 3.8) is 0 Å². The number of aromatic nitrogens is 2. The quantitative estimate of drug-likeness (QED) is 0.762. The first-order valence-corrected chi connectivity index (χ1v) is 9.57. The Morgan fingerprint density at radius 1 is 1.41 bits per heavy atom. The van der Waals surface area contributed by atoms with E-state index in [-0.39, 0.29) is 15.8 Å². The minimum atomic E-state index is -4.00. The lowest BCUT2D eigenvalue weighted by molar-refractivity contribution is 0.401. The van der Waals surface area contributed by atoms with Crippen molar-refractivity contribution in [3.05, 3.63) is 24.0 Å². The summed E-state index contributed by atoms with van der Waals surface area (Å²) < 4.78 is 45.9. The second-order valence-electron chi connectivity index (χ2n) is 4.12. The van der Waals surface area contributed by atoms with Gasteiger partial charge in [-0.15, -0.1) is 10.2 Å². The van der Waals surface area contributed by atoms with Crippen molar-refractivity contribution < 1.29 is 17.5 Å². The van der Waals surface area contributed by atoms with Crippen LogP contribution in [0.4, 0.5) is 9.52 Å². The molecule has 1 heterocycles. The van der Waals surface area contributed by atoms with Gasteiger partial charge in [0.1, 0.15) is 16.5 Å². The first-order valence-electron chi connectivity index (χ1n) is 6.29. The monoisotopic (exact) mass is 363 g/mol. The SMILES string of the molecule is CCCSc1nnc(NS(=O)(=O)c2cc(F)ccc2OC)s1.